The molecular weight excluding hydrogens is 364 g/mol. The van der Waals surface area contributed by atoms with Gasteiger partial charge in [0.15, 0.2) is 0 Å². The number of anilines is 1. The van der Waals surface area contributed by atoms with Crippen LogP contribution in [0.1, 0.15) is 23.6 Å². The smallest absolute Gasteiger partial charge is 0.241 e. The molecule has 0 aliphatic heterocycles. The van der Waals surface area contributed by atoms with Crippen LogP contribution in [0.5, 0.6) is 11.5 Å². The maximum absolute atomic E-state index is 12.7. The standard InChI is InChI=1S/C21H27ClN2O3/c1-13-9-16(10-14(2)20(13)27-6)12-24(4)15(3)21(25)23-18-11-17(22)7-8-19(18)26-5/h7-11,15H,12H2,1-6H3,(H,23,25). The lowest BCUT2D eigenvalue weighted by atomic mass is 10.0. The number of carbonyl (C=O) groups excluding carboxylic acids is 1. The van der Waals surface area contributed by atoms with E-state index in [0.29, 0.717) is 23.0 Å². The highest BCUT2D eigenvalue weighted by molar-refractivity contribution is 6.31. The molecule has 146 valence electrons. The number of amides is 1. The van der Waals surface area contributed by atoms with Gasteiger partial charge in [0, 0.05) is 11.6 Å². The second-order valence-electron chi connectivity index (χ2n) is 6.69. The van der Waals surface area contributed by atoms with E-state index in [1.165, 1.54) is 0 Å². The topological polar surface area (TPSA) is 50.8 Å². The summed E-state index contributed by atoms with van der Waals surface area (Å²) in [6.45, 7) is 6.57. The number of nitrogens with one attached hydrogen (secondary N) is 1. The monoisotopic (exact) mass is 390 g/mol. The van der Waals surface area contributed by atoms with Crippen LogP contribution in [0.2, 0.25) is 5.02 Å². The summed E-state index contributed by atoms with van der Waals surface area (Å²) in [7, 11) is 5.16. The Bertz CT molecular complexity index is 800. The van der Waals surface area contributed by atoms with E-state index in [1.54, 1.807) is 32.4 Å². The molecule has 0 fully saturated rings. The van der Waals surface area contributed by atoms with Gasteiger partial charge in [-0.25, -0.2) is 0 Å². The summed E-state index contributed by atoms with van der Waals surface area (Å²) >= 11 is 6.03. The summed E-state index contributed by atoms with van der Waals surface area (Å²) in [5, 5.41) is 3.44. The predicted molar refractivity (Wildman–Crippen MR) is 110 cm³/mol. The Morgan fingerprint density at radius 2 is 1.78 bits per heavy atom. The predicted octanol–water partition coefficient (Wildman–Crippen LogP) is 4.43. The lowest BCUT2D eigenvalue weighted by Gasteiger charge is -2.25. The van der Waals surface area contributed by atoms with E-state index in [4.69, 9.17) is 21.1 Å². The van der Waals surface area contributed by atoms with Crippen LogP contribution in [-0.2, 0) is 11.3 Å². The molecular formula is C21H27ClN2O3. The van der Waals surface area contributed by atoms with Crippen LogP contribution in [0.4, 0.5) is 5.69 Å². The van der Waals surface area contributed by atoms with Gasteiger partial charge < -0.3 is 14.8 Å². The number of hydrogen-bond acceptors (Lipinski definition) is 4. The molecule has 1 N–H and O–H groups in total. The molecule has 0 saturated carbocycles. The number of likely N-dealkylation sites (N-methyl/N-ethyl adjacent to an activating group) is 1. The molecule has 0 aliphatic carbocycles. The van der Waals surface area contributed by atoms with E-state index in [-0.39, 0.29) is 11.9 Å². The first-order valence-corrected chi connectivity index (χ1v) is 9.13. The zero-order valence-electron chi connectivity index (χ0n) is 16.7. The van der Waals surface area contributed by atoms with Gasteiger partial charge in [-0.15, -0.1) is 0 Å². The van der Waals surface area contributed by atoms with E-state index < -0.39 is 0 Å². The largest absolute Gasteiger partial charge is 0.496 e. The van der Waals surface area contributed by atoms with E-state index in [1.807, 2.05) is 32.7 Å². The summed E-state index contributed by atoms with van der Waals surface area (Å²) in [5.41, 5.74) is 3.86. The normalized spacial score (nSPS) is 12.0. The van der Waals surface area contributed by atoms with Crippen molar-refractivity contribution in [2.75, 3.05) is 26.6 Å². The van der Waals surface area contributed by atoms with Crippen molar-refractivity contribution in [2.24, 2.45) is 0 Å². The van der Waals surface area contributed by atoms with Crippen LogP contribution >= 0.6 is 11.6 Å². The number of ether oxygens (including phenoxy) is 2. The highest BCUT2D eigenvalue weighted by Crippen LogP contribution is 2.28. The van der Waals surface area contributed by atoms with Gasteiger partial charge in [-0.1, -0.05) is 23.7 Å². The summed E-state index contributed by atoms with van der Waals surface area (Å²) in [4.78, 5) is 14.7. The first kappa shape index (κ1) is 21.1. The van der Waals surface area contributed by atoms with Gasteiger partial charge in [-0.05, 0) is 62.7 Å². The number of rotatable bonds is 7. The lowest BCUT2D eigenvalue weighted by Crippen LogP contribution is -2.39. The third-order valence-electron chi connectivity index (χ3n) is 4.62. The third-order valence-corrected chi connectivity index (χ3v) is 4.85. The van der Waals surface area contributed by atoms with Gasteiger partial charge >= 0.3 is 0 Å². The first-order valence-electron chi connectivity index (χ1n) is 8.75. The average Bonchev–Trinajstić information content (AvgIpc) is 2.61. The van der Waals surface area contributed by atoms with Gasteiger partial charge in [0.2, 0.25) is 5.91 Å². The number of nitrogens with zero attached hydrogens (tertiary/aromatic N) is 1. The fourth-order valence-corrected chi connectivity index (χ4v) is 3.27. The minimum Gasteiger partial charge on any atom is -0.496 e. The summed E-state index contributed by atoms with van der Waals surface area (Å²) in [6.07, 6.45) is 0. The second-order valence-corrected chi connectivity index (χ2v) is 7.12. The van der Waals surface area contributed by atoms with Crippen molar-refractivity contribution in [3.63, 3.8) is 0 Å². The van der Waals surface area contributed by atoms with Crippen LogP contribution in [-0.4, -0.2) is 38.1 Å². The molecule has 1 amide bonds. The molecule has 0 spiro atoms. The molecule has 5 nitrogen and oxygen atoms in total. The van der Waals surface area contributed by atoms with Crippen LogP contribution in [0.3, 0.4) is 0 Å². The fraction of sp³-hybridized carbons (Fsp3) is 0.381. The van der Waals surface area contributed by atoms with E-state index >= 15 is 0 Å². The number of carbonyl (C=O) groups is 1. The molecule has 0 bridgehead atoms. The summed E-state index contributed by atoms with van der Waals surface area (Å²) in [6, 6.07) is 8.98. The minimum atomic E-state index is -0.337. The van der Waals surface area contributed by atoms with Crippen LogP contribution in [0, 0.1) is 13.8 Å². The summed E-state index contributed by atoms with van der Waals surface area (Å²) in [5.74, 6) is 1.35. The zero-order valence-corrected chi connectivity index (χ0v) is 17.5. The Kier molecular flexibility index (Phi) is 7.11. The Morgan fingerprint density at radius 3 is 2.33 bits per heavy atom. The van der Waals surface area contributed by atoms with Gasteiger partial charge in [0.05, 0.1) is 25.9 Å². The number of hydrogen-bond donors (Lipinski definition) is 1. The number of methoxy groups -OCH3 is 2. The molecule has 0 aliphatic rings. The maximum Gasteiger partial charge on any atom is 0.241 e. The molecule has 27 heavy (non-hydrogen) atoms. The molecule has 2 aromatic rings. The van der Waals surface area contributed by atoms with E-state index in [9.17, 15) is 4.79 Å². The zero-order chi connectivity index (χ0) is 20.1. The van der Waals surface area contributed by atoms with Crippen LogP contribution < -0.4 is 14.8 Å². The Morgan fingerprint density at radius 1 is 1.15 bits per heavy atom. The lowest BCUT2D eigenvalue weighted by molar-refractivity contribution is -0.120. The molecule has 1 unspecified atom stereocenters. The quantitative estimate of drug-likeness (QED) is 0.759. The summed E-state index contributed by atoms with van der Waals surface area (Å²) < 4.78 is 10.7. The molecule has 0 heterocycles. The van der Waals surface area contributed by atoms with Gasteiger partial charge in [-0.2, -0.15) is 0 Å². The fourth-order valence-electron chi connectivity index (χ4n) is 3.09. The third kappa shape index (κ3) is 5.15. The second kappa shape index (κ2) is 9.11. The molecule has 0 aromatic heterocycles. The van der Waals surface area contributed by atoms with Gasteiger partial charge in [0.25, 0.3) is 0 Å². The number of halogens is 1. The minimum absolute atomic E-state index is 0.125. The van der Waals surface area contributed by atoms with Crippen molar-refractivity contribution in [3.05, 3.63) is 52.0 Å². The SMILES string of the molecule is COc1ccc(Cl)cc1NC(=O)C(C)N(C)Cc1cc(C)c(OC)c(C)c1. The number of benzene rings is 2. The van der Waals surface area contributed by atoms with Crippen molar-refractivity contribution >= 4 is 23.2 Å². The maximum atomic E-state index is 12.7. The molecule has 2 rings (SSSR count). The Hall–Kier alpha value is -2.24. The Balaban J connectivity index is 2.10. The van der Waals surface area contributed by atoms with E-state index in [0.717, 1.165) is 22.4 Å². The highest BCUT2D eigenvalue weighted by atomic mass is 35.5. The average molecular weight is 391 g/mol. The number of aryl methyl sites for hydroxylation is 2. The highest BCUT2D eigenvalue weighted by Gasteiger charge is 2.20. The van der Waals surface area contributed by atoms with Crippen molar-refractivity contribution < 1.29 is 14.3 Å². The molecule has 1 atom stereocenters. The van der Waals surface area contributed by atoms with Crippen molar-refractivity contribution in [1.82, 2.24) is 4.90 Å². The van der Waals surface area contributed by atoms with Crippen LogP contribution in [0.25, 0.3) is 0 Å². The molecule has 6 heteroatoms. The first-order chi connectivity index (χ1) is 12.8. The van der Waals surface area contributed by atoms with Crippen LogP contribution in [0.15, 0.2) is 30.3 Å². The molecule has 0 saturated heterocycles. The Labute approximate surface area is 166 Å². The van der Waals surface area contributed by atoms with E-state index in [2.05, 4.69) is 17.4 Å². The van der Waals surface area contributed by atoms with Gasteiger partial charge in [0.1, 0.15) is 11.5 Å². The van der Waals surface area contributed by atoms with Crippen molar-refractivity contribution in [2.45, 2.75) is 33.4 Å². The van der Waals surface area contributed by atoms with Crippen molar-refractivity contribution in [1.29, 1.82) is 0 Å². The van der Waals surface area contributed by atoms with Crippen molar-refractivity contribution in [3.8, 4) is 11.5 Å². The van der Waals surface area contributed by atoms with Gasteiger partial charge in [-0.3, -0.25) is 9.69 Å². The molecule has 0 radical (unpaired) electrons. The molecule has 2 aromatic carbocycles.